The van der Waals surface area contributed by atoms with Crippen molar-refractivity contribution in [2.24, 2.45) is 0 Å². The first-order valence-electron chi connectivity index (χ1n) is 7.86. The van der Waals surface area contributed by atoms with Crippen molar-refractivity contribution in [3.63, 3.8) is 0 Å². The predicted octanol–water partition coefficient (Wildman–Crippen LogP) is 3.08. The van der Waals surface area contributed by atoms with Gasteiger partial charge in [0.2, 0.25) is 11.8 Å². The zero-order chi connectivity index (χ0) is 17.5. The van der Waals surface area contributed by atoms with Gasteiger partial charge in [-0.05, 0) is 38.0 Å². The highest BCUT2D eigenvalue weighted by Gasteiger charge is 2.09. The average molecular weight is 330 g/mol. The molecule has 7 heteroatoms. The molecule has 2 rings (SSSR count). The molecule has 0 aliphatic rings. The van der Waals surface area contributed by atoms with Gasteiger partial charge < -0.3 is 20.5 Å². The van der Waals surface area contributed by atoms with Crippen molar-refractivity contribution in [1.82, 2.24) is 5.16 Å². The van der Waals surface area contributed by atoms with Crippen molar-refractivity contribution in [1.29, 1.82) is 0 Å². The van der Waals surface area contributed by atoms with Gasteiger partial charge in [-0.2, -0.15) is 0 Å². The summed E-state index contributed by atoms with van der Waals surface area (Å²) >= 11 is 0. The van der Waals surface area contributed by atoms with E-state index in [-0.39, 0.29) is 18.4 Å². The van der Waals surface area contributed by atoms with Crippen molar-refractivity contribution >= 4 is 29.0 Å². The number of nitrogens with one attached hydrogen (secondary N) is 3. The molecule has 0 aliphatic carbocycles. The number of hydrogen-bond acceptors (Lipinski definition) is 5. The molecule has 0 bridgehead atoms. The SMILES string of the molecule is CCCC(=O)Nc1cccc(NCC(=O)Nc2cc(C)on2)c1C. The van der Waals surface area contributed by atoms with Gasteiger partial charge in [-0.3, -0.25) is 9.59 Å². The second-order valence-electron chi connectivity index (χ2n) is 5.50. The Hall–Kier alpha value is -2.83. The molecule has 0 spiro atoms. The lowest BCUT2D eigenvalue weighted by Gasteiger charge is -2.13. The molecule has 2 aromatic rings. The van der Waals surface area contributed by atoms with Crippen LogP contribution in [0, 0.1) is 13.8 Å². The minimum absolute atomic E-state index is 0.0168. The van der Waals surface area contributed by atoms with E-state index in [4.69, 9.17) is 4.52 Å². The van der Waals surface area contributed by atoms with Crippen LogP contribution < -0.4 is 16.0 Å². The van der Waals surface area contributed by atoms with Crippen molar-refractivity contribution in [2.75, 3.05) is 22.5 Å². The smallest absolute Gasteiger partial charge is 0.244 e. The van der Waals surface area contributed by atoms with E-state index in [1.54, 1.807) is 13.0 Å². The van der Waals surface area contributed by atoms with Crippen LogP contribution in [0.15, 0.2) is 28.8 Å². The Morgan fingerprint density at radius 2 is 1.88 bits per heavy atom. The Morgan fingerprint density at radius 1 is 1.12 bits per heavy atom. The topological polar surface area (TPSA) is 96.3 Å². The molecular weight excluding hydrogens is 308 g/mol. The van der Waals surface area contributed by atoms with Crippen molar-refractivity contribution in [3.8, 4) is 0 Å². The molecule has 1 aromatic heterocycles. The Kier molecular flexibility index (Phi) is 5.95. The van der Waals surface area contributed by atoms with Gasteiger partial charge in [0.05, 0.1) is 6.54 Å². The fourth-order valence-electron chi connectivity index (χ4n) is 2.19. The molecule has 24 heavy (non-hydrogen) atoms. The van der Waals surface area contributed by atoms with Gasteiger partial charge in [0.15, 0.2) is 5.82 Å². The maximum Gasteiger partial charge on any atom is 0.244 e. The van der Waals surface area contributed by atoms with E-state index in [9.17, 15) is 9.59 Å². The number of carbonyl (C=O) groups excluding carboxylic acids is 2. The lowest BCUT2D eigenvalue weighted by atomic mass is 10.1. The number of rotatable bonds is 7. The van der Waals surface area contributed by atoms with Gasteiger partial charge in [-0.25, -0.2) is 0 Å². The van der Waals surface area contributed by atoms with Gasteiger partial charge in [0.25, 0.3) is 0 Å². The van der Waals surface area contributed by atoms with Crippen molar-refractivity contribution in [3.05, 3.63) is 35.6 Å². The third kappa shape index (κ3) is 4.84. The highest BCUT2D eigenvalue weighted by molar-refractivity contribution is 5.94. The summed E-state index contributed by atoms with van der Waals surface area (Å²) in [6, 6.07) is 7.17. The first-order valence-corrected chi connectivity index (χ1v) is 7.86. The molecule has 1 heterocycles. The minimum Gasteiger partial charge on any atom is -0.376 e. The zero-order valence-corrected chi connectivity index (χ0v) is 14.1. The van der Waals surface area contributed by atoms with Gasteiger partial charge in [-0.1, -0.05) is 18.1 Å². The molecule has 0 atom stereocenters. The van der Waals surface area contributed by atoms with E-state index < -0.39 is 0 Å². The Bertz CT molecular complexity index is 724. The van der Waals surface area contributed by atoms with E-state index in [1.807, 2.05) is 32.0 Å². The van der Waals surface area contributed by atoms with Crippen LogP contribution in [0.3, 0.4) is 0 Å². The van der Waals surface area contributed by atoms with Crippen LogP contribution in [-0.4, -0.2) is 23.5 Å². The lowest BCUT2D eigenvalue weighted by molar-refractivity contribution is -0.116. The first-order chi connectivity index (χ1) is 11.5. The van der Waals surface area contributed by atoms with E-state index in [2.05, 4.69) is 21.1 Å². The Labute approximate surface area is 140 Å². The van der Waals surface area contributed by atoms with Crippen molar-refractivity contribution < 1.29 is 14.1 Å². The first kappa shape index (κ1) is 17.5. The molecule has 7 nitrogen and oxygen atoms in total. The standard InChI is InChI=1S/C17H22N4O3/c1-4-6-16(22)19-14-8-5-7-13(12(14)3)18-10-17(23)20-15-9-11(2)24-21-15/h5,7-9,18H,4,6,10H2,1-3H3,(H,19,22)(H,20,21,23). The molecule has 0 aliphatic heterocycles. The molecule has 0 unspecified atom stereocenters. The number of aryl methyl sites for hydroxylation is 1. The number of benzene rings is 1. The van der Waals surface area contributed by atoms with Crippen LogP contribution in [0.25, 0.3) is 0 Å². The van der Waals surface area contributed by atoms with Crippen LogP contribution in [-0.2, 0) is 9.59 Å². The van der Waals surface area contributed by atoms with Crippen LogP contribution in [0.1, 0.15) is 31.1 Å². The highest BCUT2D eigenvalue weighted by atomic mass is 16.5. The second kappa shape index (κ2) is 8.14. The van der Waals surface area contributed by atoms with E-state index in [0.717, 1.165) is 23.4 Å². The fraction of sp³-hybridized carbons (Fsp3) is 0.353. The number of anilines is 3. The molecule has 0 radical (unpaired) electrons. The number of aromatic nitrogens is 1. The number of carbonyl (C=O) groups is 2. The number of amides is 2. The van der Waals surface area contributed by atoms with Gasteiger partial charge in [-0.15, -0.1) is 0 Å². The Balaban J connectivity index is 1.94. The Morgan fingerprint density at radius 3 is 2.54 bits per heavy atom. The van der Waals surface area contributed by atoms with E-state index in [0.29, 0.717) is 18.0 Å². The number of nitrogens with zero attached hydrogens (tertiary/aromatic N) is 1. The second-order valence-corrected chi connectivity index (χ2v) is 5.50. The summed E-state index contributed by atoms with van der Waals surface area (Å²) in [6.45, 7) is 5.68. The van der Waals surface area contributed by atoms with Gasteiger partial charge in [0.1, 0.15) is 5.76 Å². The minimum atomic E-state index is -0.233. The lowest BCUT2D eigenvalue weighted by Crippen LogP contribution is -2.22. The summed E-state index contributed by atoms with van der Waals surface area (Å²) in [5.74, 6) is 0.765. The molecule has 2 amide bonds. The third-order valence-electron chi connectivity index (χ3n) is 3.42. The maximum atomic E-state index is 11.9. The van der Waals surface area contributed by atoms with Crippen LogP contribution in [0.4, 0.5) is 17.2 Å². The normalized spacial score (nSPS) is 10.3. The maximum absolute atomic E-state index is 11.9. The molecule has 0 saturated carbocycles. The van der Waals surface area contributed by atoms with E-state index >= 15 is 0 Å². The summed E-state index contributed by atoms with van der Waals surface area (Å²) < 4.78 is 4.89. The summed E-state index contributed by atoms with van der Waals surface area (Å²) in [5, 5.41) is 12.3. The van der Waals surface area contributed by atoms with Gasteiger partial charge >= 0.3 is 0 Å². The van der Waals surface area contributed by atoms with Crippen LogP contribution >= 0.6 is 0 Å². The summed E-state index contributed by atoms with van der Waals surface area (Å²) in [5.41, 5.74) is 2.41. The number of hydrogen-bond donors (Lipinski definition) is 3. The molecule has 128 valence electrons. The summed E-state index contributed by atoms with van der Waals surface area (Å²) in [7, 11) is 0. The molecule has 1 aromatic carbocycles. The largest absolute Gasteiger partial charge is 0.376 e. The highest BCUT2D eigenvalue weighted by Crippen LogP contribution is 2.23. The fourth-order valence-corrected chi connectivity index (χ4v) is 2.19. The summed E-state index contributed by atoms with van der Waals surface area (Å²) in [6.07, 6.45) is 1.28. The third-order valence-corrected chi connectivity index (χ3v) is 3.42. The van der Waals surface area contributed by atoms with Crippen LogP contribution in [0.2, 0.25) is 0 Å². The van der Waals surface area contributed by atoms with Crippen molar-refractivity contribution in [2.45, 2.75) is 33.6 Å². The molecule has 0 saturated heterocycles. The monoisotopic (exact) mass is 330 g/mol. The van der Waals surface area contributed by atoms with E-state index in [1.165, 1.54) is 0 Å². The van der Waals surface area contributed by atoms with Gasteiger partial charge in [0, 0.05) is 23.9 Å². The summed E-state index contributed by atoms with van der Waals surface area (Å²) in [4.78, 5) is 23.7. The molecular formula is C17H22N4O3. The average Bonchev–Trinajstić information content (AvgIpc) is 2.93. The van der Waals surface area contributed by atoms with Crippen LogP contribution in [0.5, 0.6) is 0 Å². The molecule has 0 fully saturated rings. The molecule has 3 N–H and O–H groups in total. The zero-order valence-electron chi connectivity index (χ0n) is 14.1. The predicted molar refractivity (Wildman–Crippen MR) is 93.1 cm³/mol. The quantitative estimate of drug-likeness (QED) is 0.725.